The van der Waals surface area contributed by atoms with E-state index in [9.17, 15) is 18.8 Å². The Balaban J connectivity index is 1.56. The lowest BCUT2D eigenvalue weighted by molar-refractivity contribution is -0.134. The number of likely N-dealkylation sites (tertiary alicyclic amines) is 1. The fraction of sp³-hybridized carbons (Fsp3) is 0.435. The molecule has 1 aromatic carbocycles. The number of benzene rings is 1. The van der Waals surface area contributed by atoms with Gasteiger partial charge in [-0.05, 0) is 47.9 Å². The van der Waals surface area contributed by atoms with Crippen molar-refractivity contribution < 1.29 is 23.5 Å². The van der Waals surface area contributed by atoms with E-state index in [0.717, 1.165) is 5.56 Å². The number of nitrogens with one attached hydrogen (secondary N) is 1. The molecule has 0 saturated carbocycles. The number of ether oxygens (including phenoxy) is 1. The molecule has 2 saturated heterocycles. The third-order valence-electron chi connectivity index (χ3n) is 6.41. The molecule has 0 spiro atoms. The maximum atomic E-state index is 13.6. The summed E-state index contributed by atoms with van der Waals surface area (Å²) in [7, 11) is 1.51. The number of halogens is 2. The van der Waals surface area contributed by atoms with E-state index in [0.29, 0.717) is 35.8 Å². The van der Waals surface area contributed by atoms with Crippen LogP contribution in [0.25, 0.3) is 0 Å². The van der Waals surface area contributed by atoms with Crippen LogP contribution in [-0.2, 0) is 16.0 Å². The standard InChI is InChI=1S/C23H25ClFN3O4S/c1-32-12-11-28-21(30)23(26-22(28)31,14-15-2-4-17(25)5-3-15)16-6-9-27(10-7-16)20(29)19-18(24)8-13-33-19/h2-5,8,13,16H,6-7,9-12,14H2,1H3,(H,26,31)/t23-/m0/s1. The van der Waals surface area contributed by atoms with E-state index in [1.165, 1.54) is 35.5 Å². The largest absolute Gasteiger partial charge is 0.383 e. The number of piperidine rings is 1. The maximum Gasteiger partial charge on any atom is 0.325 e. The molecule has 2 fully saturated rings. The monoisotopic (exact) mass is 493 g/mol. The van der Waals surface area contributed by atoms with Gasteiger partial charge in [-0.3, -0.25) is 14.5 Å². The van der Waals surface area contributed by atoms with Crippen molar-refractivity contribution in [3.8, 4) is 0 Å². The molecule has 0 unspecified atom stereocenters. The van der Waals surface area contributed by atoms with E-state index < -0.39 is 11.6 Å². The minimum atomic E-state index is -1.15. The number of carbonyl (C=O) groups excluding carboxylic acids is 3. The lowest BCUT2D eigenvalue weighted by Gasteiger charge is -2.41. The molecular weight excluding hydrogens is 469 g/mol. The van der Waals surface area contributed by atoms with Crippen LogP contribution in [0.5, 0.6) is 0 Å². The smallest absolute Gasteiger partial charge is 0.325 e. The number of hydrogen-bond acceptors (Lipinski definition) is 5. The summed E-state index contributed by atoms with van der Waals surface area (Å²) in [6.07, 6.45) is 1.33. The molecule has 1 N–H and O–H groups in total. The van der Waals surface area contributed by atoms with Gasteiger partial charge in [-0.25, -0.2) is 9.18 Å². The highest BCUT2D eigenvalue weighted by atomic mass is 35.5. The quantitative estimate of drug-likeness (QED) is 0.598. The summed E-state index contributed by atoms with van der Waals surface area (Å²) >= 11 is 7.44. The Labute approximate surface area is 200 Å². The molecule has 1 atom stereocenters. The molecule has 4 amide bonds. The molecular formula is C23H25ClFN3O4S. The third-order valence-corrected chi connectivity index (χ3v) is 7.74. The summed E-state index contributed by atoms with van der Waals surface area (Å²) in [5.74, 6) is -0.978. The van der Waals surface area contributed by atoms with E-state index in [2.05, 4.69) is 5.32 Å². The molecule has 176 valence electrons. The minimum absolute atomic E-state index is 0.121. The van der Waals surface area contributed by atoms with Crippen molar-refractivity contribution in [3.05, 3.63) is 57.0 Å². The third kappa shape index (κ3) is 4.62. The Bertz CT molecular complexity index is 1040. The van der Waals surface area contributed by atoms with Gasteiger partial charge in [-0.15, -0.1) is 11.3 Å². The minimum Gasteiger partial charge on any atom is -0.383 e. The second kappa shape index (κ2) is 9.79. The number of hydrogen-bond donors (Lipinski definition) is 1. The summed E-state index contributed by atoms with van der Waals surface area (Å²) in [6, 6.07) is 7.20. The highest BCUT2D eigenvalue weighted by molar-refractivity contribution is 7.12. The van der Waals surface area contributed by atoms with Crippen LogP contribution in [-0.4, -0.2) is 66.5 Å². The van der Waals surface area contributed by atoms with Gasteiger partial charge < -0.3 is 15.0 Å². The van der Waals surface area contributed by atoms with Gasteiger partial charge in [0.2, 0.25) is 0 Å². The highest BCUT2D eigenvalue weighted by Gasteiger charge is 2.55. The predicted molar refractivity (Wildman–Crippen MR) is 123 cm³/mol. The van der Waals surface area contributed by atoms with E-state index in [1.54, 1.807) is 28.5 Å². The SMILES string of the molecule is COCCN1C(=O)N[C@@](Cc2ccc(F)cc2)(C2CCN(C(=O)c3sccc3Cl)CC2)C1=O. The van der Waals surface area contributed by atoms with Crippen molar-refractivity contribution >= 4 is 40.8 Å². The first-order chi connectivity index (χ1) is 15.9. The van der Waals surface area contributed by atoms with Gasteiger partial charge in [0.1, 0.15) is 16.2 Å². The van der Waals surface area contributed by atoms with Crippen LogP contribution in [0.2, 0.25) is 5.02 Å². The molecule has 10 heteroatoms. The average molecular weight is 494 g/mol. The second-order valence-corrected chi connectivity index (χ2v) is 9.64. The van der Waals surface area contributed by atoms with Gasteiger partial charge in [-0.1, -0.05) is 23.7 Å². The molecule has 33 heavy (non-hydrogen) atoms. The van der Waals surface area contributed by atoms with E-state index in [1.807, 2.05) is 0 Å². The zero-order valence-corrected chi connectivity index (χ0v) is 19.8. The Hall–Kier alpha value is -2.49. The lowest BCUT2D eigenvalue weighted by atomic mass is 9.74. The van der Waals surface area contributed by atoms with Gasteiger partial charge in [0.25, 0.3) is 11.8 Å². The predicted octanol–water partition coefficient (Wildman–Crippen LogP) is 3.57. The van der Waals surface area contributed by atoms with Crippen molar-refractivity contribution in [1.29, 1.82) is 0 Å². The van der Waals surface area contributed by atoms with Crippen LogP contribution >= 0.6 is 22.9 Å². The van der Waals surface area contributed by atoms with Crippen LogP contribution < -0.4 is 5.32 Å². The topological polar surface area (TPSA) is 79.0 Å². The van der Waals surface area contributed by atoms with Crippen LogP contribution in [0.3, 0.4) is 0 Å². The number of imide groups is 1. The first-order valence-electron chi connectivity index (χ1n) is 10.8. The van der Waals surface area contributed by atoms with Crippen molar-refractivity contribution in [2.45, 2.75) is 24.8 Å². The van der Waals surface area contributed by atoms with Crippen molar-refractivity contribution in [3.63, 3.8) is 0 Å². The van der Waals surface area contributed by atoms with Crippen molar-refractivity contribution in [2.24, 2.45) is 5.92 Å². The number of methoxy groups -OCH3 is 1. The Morgan fingerprint density at radius 2 is 1.94 bits per heavy atom. The molecule has 4 rings (SSSR count). The summed E-state index contributed by atoms with van der Waals surface area (Å²) < 4.78 is 18.5. The number of nitrogens with zero attached hydrogens (tertiary/aromatic N) is 2. The zero-order chi connectivity index (χ0) is 23.6. The van der Waals surface area contributed by atoms with Crippen LogP contribution in [0.15, 0.2) is 35.7 Å². The second-order valence-electron chi connectivity index (χ2n) is 8.32. The highest BCUT2D eigenvalue weighted by Crippen LogP contribution is 2.37. The van der Waals surface area contributed by atoms with E-state index in [-0.39, 0.29) is 43.1 Å². The van der Waals surface area contributed by atoms with Gasteiger partial charge in [0.05, 0.1) is 18.2 Å². The molecule has 2 aliphatic heterocycles. The van der Waals surface area contributed by atoms with E-state index in [4.69, 9.17) is 16.3 Å². The summed E-state index contributed by atoms with van der Waals surface area (Å²) in [6.45, 7) is 1.29. The summed E-state index contributed by atoms with van der Waals surface area (Å²) in [4.78, 5) is 42.6. The molecule has 2 aromatic rings. The first kappa shape index (κ1) is 23.7. The summed E-state index contributed by atoms with van der Waals surface area (Å²) in [5, 5.41) is 5.17. The summed E-state index contributed by atoms with van der Waals surface area (Å²) in [5.41, 5.74) is -0.402. The molecule has 0 aliphatic carbocycles. The van der Waals surface area contributed by atoms with Crippen LogP contribution in [0.4, 0.5) is 9.18 Å². The molecule has 2 aliphatic rings. The lowest BCUT2D eigenvalue weighted by Crippen LogP contribution is -2.58. The first-order valence-corrected chi connectivity index (χ1v) is 12.0. The average Bonchev–Trinajstić information content (AvgIpc) is 3.34. The Morgan fingerprint density at radius 1 is 1.24 bits per heavy atom. The van der Waals surface area contributed by atoms with Gasteiger partial charge in [0.15, 0.2) is 0 Å². The number of rotatable bonds is 7. The van der Waals surface area contributed by atoms with Crippen LogP contribution in [0.1, 0.15) is 28.1 Å². The molecule has 1 aromatic heterocycles. The van der Waals surface area contributed by atoms with Crippen molar-refractivity contribution in [2.75, 3.05) is 33.4 Å². The molecule has 0 radical (unpaired) electrons. The van der Waals surface area contributed by atoms with E-state index >= 15 is 0 Å². The van der Waals surface area contributed by atoms with Gasteiger partial charge in [-0.2, -0.15) is 0 Å². The van der Waals surface area contributed by atoms with Crippen molar-refractivity contribution in [1.82, 2.24) is 15.1 Å². The fourth-order valence-electron chi connectivity index (χ4n) is 4.66. The van der Waals surface area contributed by atoms with Gasteiger partial charge >= 0.3 is 6.03 Å². The van der Waals surface area contributed by atoms with Crippen LogP contribution in [0, 0.1) is 11.7 Å². The Morgan fingerprint density at radius 3 is 2.55 bits per heavy atom. The number of urea groups is 1. The Kier molecular flexibility index (Phi) is 7.02. The molecule has 3 heterocycles. The zero-order valence-electron chi connectivity index (χ0n) is 18.2. The normalized spacial score (nSPS) is 21.5. The van der Waals surface area contributed by atoms with Gasteiger partial charge in [0, 0.05) is 26.6 Å². The maximum absolute atomic E-state index is 13.6. The fourth-order valence-corrected chi connectivity index (χ4v) is 5.76. The molecule has 0 bridgehead atoms. The number of thiophene rings is 1. The molecule has 7 nitrogen and oxygen atoms in total. The number of amides is 4. The number of carbonyl (C=O) groups is 3.